The van der Waals surface area contributed by atoms with Gasteiger partial charge in [0, 0.05) is 31.5 Å². The van der Waals surface area contributed by atoms with E-state index in [1.54, 1.807) is 25.7 Å². The van der Waals surface area contributed by atoms with Crippen molar-refractivity contribution >= 4 is 12.0 Å². The predicted octanol–water partition coefficient (Wildman–Crippen LogP) is 3.22. The van der Waals surface area contributed by atoms with Crippen LogP contribution in [-0.4, -0.2) is 57.4 Å². The van der Waals surface area contributed by atoms with E-state index in [1.165, 1.54) is 23.9 Å². The third kappa shape index (κ3) is 5.61. The Kier molecular flexibility index (Phi) is 7.41. The molecule has 1 aliphatic heterocycles. The van der Waals surface area contributed by atoms with Crippen molar-refractivity contribution in [2.75, 3.05) is 13.1 Å². The number of hydrogen-bond acceptors (Lipinski definition) is 8. The Balaban J connectivity index is 1.64. The molecule has 3 rings (SSSR count). The van der Waals surface area contributed by atoms with Gasteiger partial charge in [0.2, 0.25) is 11.8 Å². The number of nitrogens with one attached hydrogen (secondary N) is 1. The summed E-state index contributed by atoms with van der Waals surface area (Å²) in [7, 11) is 0. The van der Waals surface area contributed by atoms with E-state index in [0.717, 1.165) is 6.07 Å². The second kappa shape index (κ2) is 10.2. The lowest BCUT2D eigenvalue weighted by Crippen LogP contribution is -2.42. The summed E-state index contributed by atoms with van der Waals surface area (Å²) in [5.41, 5.74) is 1.85. The number of hydrogen-bond donors (Lipinski definition) is 2. The van der Waals surface area contributed by atoms with Crippen LogP contribution in [0, 0.1) is 12.7 Å². The molecule has 1 fully saturated rings. The van der Waals surface area contributed by atoms with E-state index in [1.807, 2.05) is 0 Å². The van der Waals surface area contributed by atoms with Crippen molar-refractivity contribution in [2.45, 2.75) is 45.8 Å². The maximum Gasteiger partial charge on any atom is 0.410 e. The average molecular weight is 448 g/mol. The number of hydroxylamine groups is 1. The number of carbonyl (C=O) groups is 2. The van der Waals surface area contributed by atoms with Gasteiger partial charge in [-0.1, -0.05) is 0 Å². The van der Waals surface area contributed by atoms with Gasteiger partial charge >= 0.3 is 6.09 Å². The summed E-state index contributed by atoms with van der Waals surface area (Å²) in [4.78, 5) is 33.2. The molecule has 2 heterocycles. The van der Waals surface area contributed by atoms with Gasteiger partial charge in [0.1, 0.15) is 12.4 Å². The molecule has 1 saturated heterocycles. The number of likely N-dealkylation sites (tertiary alicyclic amines) is 1. The van der Waals surface area contributed by atoms with Gasteiger partial charge in [-0.25, -0.2) is 24.6 Å². The number of nitrogens with zero attached hydrogens (tertiary/aromatic N) is 3. The SMILES string of the molecule is Cc1c(Oc2ccc(C(=O)NO)cc2F)ncnc1OC1CCN(C(=O)OC(C)C)CC1. The highest BCUT2D eigenvalue weighted by molar-refractivity contribution is 5.93. The minimum absolute atomic E-state index is 0.0654. The van der Waals surface area contributed by atoms with E-state index >= 15 is 0 Å². The van der Waals surface area contributed by atoms with Gasteiger partial charge in [-0.2, -0.15) is 0 Å². The lowest BCUT2D eigenvalue weighted by molar-refractivity contribution is 0.0504. The van der Waals surface area contributed by atoms with E-state index < -0.39 is 11.7 Å². The number of aromatic nitrogens is 2. The molecule has 172 valence electrons. The second-order valence-corrected chi connectivity index (χ2v) is 7.53. The van der Waals surface area contributed by atoms with Crippen LogP contribution in [0.5, 0.6) is 17.5 Å². The molecule has 0 unspecified atom stereocenters. The minimum Gasteiger partial charge on any atom is -0.474 e. The molecule has 32 heavy (non-hydrogen) atoms. The van der Waals surface area contributed by atoms with Crippen LogP contribution in [0.2, 0.25) is 0 Å². The number of ether oxygens (including phenoxy) is 3. The van der Waals surface area contributed by atoms with Gasteiger partial charge < -0.3 is 19.1 Å². The molecule has 0 bridgehead atoms. The van der Waals surface area contributed by atoms with Crippen LogP contribution in [0.4, 0.5) is 9.18 Å². The van der Waals surface area contributed by atoms with Crippen molar-refractivity contribution in [1.82, 2.24) is 20.3 Å². The van der Waals surface area contributed by atoms with Crippen LogP contribution in [0.1, 0.15) is 42.6 Å². The summed E-state index contributed by atoms with van der Waals surface area (Å²) in [5, 5.41) is 8.65. The summed E-state index contributed by atoms with van der Waals surface area (Å²) in [6.07, 6.45) is 1.79. The number of piperidine rings is 1. The van der Waals surface area contributed by atoms with Crippen molar-refractivity contribution in [1.29, 1.82) is 0 Å². The molecule has 0 atom stereocenters. The third-order valence-corrected chi connectivity index (χ3v) is 4.81. The molecule has 1 aromatic heterocycles. The van der Waals surface area contributed by atoms with Crippen LogP contribution in [-0.2, 0) is 4.74 Å². The first-order chi connectivity index (χ1) is 15.3. The van der Waals surface area contributed by atoms with E-state index in [0.29, 0.717) is 37.4 Å². The summed E-state index contributed by atoms with van der Waals surface area (Å²) in [6, 6.07) is 3.50. The maximum absolute atomic E-state index is 14.3. The highest BCUT2D eigenvalue weighted by Crippen LogP contribution is 2.30. The standard InChI is InChI=1S/C21H25FN4O6/c1-12(2)30-21(28)26-8-6-15(7-9-26)31-19-13(3)20(24-11-23-19)32-17-5-4-14(10-16(17)22)18(27)25-29/h4-5,10-12,15,29H,6-9H2,1-3H3,(H,25,27). The van der Waals surface area contributed by atoms with Crippen molar-refractivity contribution in [3.8, 4) is 17.5 Å². The quantitative estimate of drug-likeness (QED) is 0.510. The lowest BCUT2D eigenvalue weighted by Gasteiger charge is -2.31. The van der Waals surface area contributed by atoms with Crippen molar-refractivity contribution in [2.24, 2.45) is 0 Å². The Bertz CT molecular complexity index is 979. The zero-order valence-corrected chi connectivity index (χ0v) is 18.0. The molecule has 2 aromatic rings. The Hall–Kier alpha value is -3.47. The fourth-order valence-electron chi connectivity index (χ4n) is 3.12. The normalized spacial score (nSPS) is 14.2. The van der Waals surface area contributed by atoms with Gasteiger partial charge in [-0.05, 0) is 39.0 Å². The molecule has 0 saturated carbocycles. The summed E-state index contributed by atoms with van der Waals surface area (Å²) < 4.78 is 31.1. The number of amides is 2. The fraction of sp³-hybridized carbons (Fsp3) is 0.429. The zero-order valence-electron chi connectivity index (χ0n) is 18.0. The van der Waals surface area contributed by atoms with Gasteiger partial charge in [0.15, 0.2) is 11.6 Å². The third-order valence-electron chi connectivity index (χ3n) is 4.81. The van der Waals surface area contributed by atoms with E-state index in [9.17, 15) is 14.0 Å². The van der Waals surface area contributed by atoms with Crippen molar-refractivity contribution < 1.29 is 33.4 Å². The zero-order chi connectivity index (χ0) is 23.3. The smallest absolute Gasteiger partial charge is 0.410 e. The molecular weight excluding hydrogens is 423 g/mol. The van der Waals surface area contributed by atoms with Crippen molar-refractivity contribution in [3.63, 3.8) is 0 Å². The molecule has 2 amide bonds. The molecule has 1 aromatic carbocycles. The molecule has 10 nitrogen and oxygen atoms in total. The van der Waals surface area contributed by atoms with E-state index in [2.05, 4.69) is 9.97 Å². The first-order valence-electron chi connectivity index (χ1n) is 10.1. The van der Waals surface area contributed by atoms with Crippen LogP contribution in [0.15, 0.2) is 24.5 Å². The minimum atomic E-state index is -0.840. The topological polar surface area (TPSA) is 123 Å². The molecule has 0 spiro atoms. The predicted molar refractivity (Wildman–Crippen MR) is 109 cm³/mol. The van der Waals surface area contributed by atoms with Gasteiger partial charge in [0.25, 0.3) is 5.91 Å². The van der Waals surface area contributed by atoms with E-state index in [-0.39, 0.29) is 35.5 Å². The highest BCUT2D eigenvalue weighted by atomic mass is 19.1. The first-order valence-corrected chi connectivity index (χ1v) is 10.1. The lowest BCUT2D eigenvalue weighted by atomic mass is 10.1. The summed E-state index contributed by atoms with van der Waals surface area (Å²) >= 11 is 0. The average Bonchev–Trinajstić information content (AvgIpc) is 2.77. The highest BCUT2D eigenvalue weighted by Gasteiger charge is 2.26. The van der Waals surface area contributed by atoms with Gasteiger partial charge in [-0.3, -0.25) is 10.0 Å². The fourth-order valence-corrected chi connectivity index (χ4v) is 3.12. The Morgan fingerprint density at radius 1 is 1.22 bits per heavy atom. The molecule has 11 heteroatoms. The Labute approximate surface area is 184 Å². The summed E-state index contributed by atoms with van der Waals surface area (Å²) in [6.45, 7) is 6.30. The van der Waals surface area contributed by atoms with E-state index in [4.69, 9.17) is 19.4 Å². The first kappa shape index (κ1) is 23.2. The Morgan fingerprint density at radius 2 is 1.91 bits per heavy atom. The molecule has 2 N–H and O–H groups in total. The molecule has 0 aliphatic carbocycles. The second-order valence-electron chi connectivity index (χ2n) is 7.53. The largest absolute Gasteiger partial charge is 0.474 e. The van der Waals surface area contributed by atoms with Crippen LogP contribution in [0.25, 0.3) is 0 Å². The molecule has 0 radical (unpaired) electrons. The van der Waals surface area contributed by atoms with Crippen molar-refractivity contribution in [3.05, 3.63) is 41.5 Å². The monoisotopic (exact) mass is 448 g/mol. The molecular formula is C21H25FN4O6. The van der Waals surface area contributed by atoms with Gasteiger partial charge in [0.05, 0.1) is 11.7 Å². The van der Waals surface area contributed by atoms with Crippen LogP contribution >= 0.6 is 0 Å². The van der Waals surface area contributed by atoms with Crippen LogP contribution < -0.4 is 15.0 Å². The number of carbonyl (C=O) groups excluding carboxylic acids is 2. The maximum atomic E-state index is 14.3. The number of benzene rings is 1. The number of halogens is 1. The van der Waals surface area contributed by atoms with Crippen LogP contribution in [0.3, 0.4) is 0 Å². The summed E-state index contributed by atoms with van der Waals surface area (Å²) in [5.74, 6) is -1.38. The van der Waals surface area contributed by atoms with Gasteiger partial charge in [-0.15, -0.1) is 0 Å². The number of rotatable bonds is 6. The molecule has 1 aliphatic rings. The Morgan fingerprint density at radius 3 is 2.53 bits per heavy atom.